The lowest BCUT2D eigenvalue weighted by Gasteiger charge is -2.42. The van der Waals surface area contributed by atoms with Gasteiger partial charge in [-0.3, -0.25) is 19.8 Å². The van der Waals surface area contributed by atoms with E-state index in [1.165, 1.54) is 32.8 Å². The monoisotopic (exact) mass is 428 g/mol. The first-order valence-electron chi connectivity index (χ1n) is 8.55. The minimum Gasteiger partial charge on any atom is -0.297 e. The first kappa shape index (κ1) is 18.9. The molecule has 0 radical (unpaired) electrons. The Balaban J connectivity index is 1.99. The fourth-order valence-corrected chi connectivity index (χ4v) is 6.88. The number of non-ortho nitro benzene ring substituents is 1. The van der Waals surface area contributed by atoms with Crippen LogP contribution in [0.1, 0.15) is 34.6 Å². The Kier molecular flexibility index (Phi) is 4.45. The van der Waals surface area contributed by atoms with Crippen LogP contribution < -0.4 is 4.90 Å². The fraction of sp³-hybridized carbons (Fsp3) is 0.200. The summed E-state index contributed by atoms with van der Waals surface area (Å²) >= 11 is 5.53. The smallest absolute Gasteiger partial charge is 0.270 e. The lowest BCUT2D eigenvalue weighted by atomic mass is 9.86. The highest BCUT2D eigenvalue weighted by Gasteiger charge is 2.43. The number of nitrogens with zero attached hydrogens (tertiary/aromatic N) is 2. The molecule has 2 heterocycles. The second kappa shape index (κ2) is 6.58. The van der Waals surface area contributed by atoms with Crippen LogP contribution in [0.15, 0.2) is 42.5 Å². The van der Waals surface area contributed by atoms with Gasteiger partial charge in [0, 0.05) is 28.8 Å². The van der Waals surface area contributed by atoms with Gasteiger partial charge in [0.2, 0.25) is 0 Å². The molecular weight excluding hydrogens is 412 g/mol. The van der Waals surface area contributed by atoms with Crippen LogP contribution in [0, 0.1) is 20.9 Å². The molecular formula is C20H16N2O3S3. The minimum atomic E-state index is -0.627. The van der Waals surface area contributed by atoms with Gasteiger partial charge >= 0.3 is 0 Å². The third kappa shape index (κ3) is 2.80. The molecule has 3 aromatic rings. The van der Waals surface area contributed by atoms with Crippen molar-refractivity contribution in [3.63, 3.8) is 0 Å². The Morgan fingerprint density at radius 2 is 1.93 bits per heavy atom. The molecule has 1 aliphatic heterocycles. The number of hydrogen-bond acceptors (Lipinski definition) is 6. The fourth-order valence-electron chi connectivity index (χ4n) is 3.60. The maximum atomic E-state index is 13.5. The van der Waals surface area contributed by atoms with E-state index < -0.39 is 10.5 Å². The topological polar surface area (TPSA) is 63.5 Å². The van der Waals surface area contributed by atoms with Crippen LogP contribution >= 0.6 is 32.9 Å². The Labute approximate surface area is 174 Å². The van der Waals surface area contributed by atoms with Crippen molar-refractivity contribution in [3.8, 4) is 11.1 Å². The second-order valence-corrected chi connectivity index (χ2v) is 10.0. The summed E-state index contributed by atoms with van der Waals surface area (Å²) in [5.41, 5.74) is 3.06. The third-order valence-electron chi connectivity index (χ3n) is 4.92. The van der Waals surface area contributed by atoms with Crippen LogP contribution in [0.3, 0.4) is 0 Å². The van der Waals surface area contributed by atoms with E-state index in [0.29, 0.717) is 20.6 Å². The standard InChI is InChI=1S/C20H16N2O3S3/c1-11-5-4-6-12(9-11)18(23)21-15-8-7-13(22(24)25)10-14(15)16-17(20(21,2)3)27-28-19(16)26/h4-10H,1-3H3. The van der Waals surface area contributed by atoms with E-state index >= 15 is 0 Å². The van der Waals surface area contributed by atoms with Gasteiger partial charge in [0.1, 0.15) is 3.82 Å². The van der Waals surface area contributed by atoms with Gasteiger partial charge in [-0.25, -0.2) is 0 Å². The van der Waals surface area contributed by atoms with Crippen LogP contribution in [0.4, 0.5) is 11.4 Å². The Bertz CT molecular complexity index is 1190. The maximum absolute atomic E-state index is 13.5. The predicted octanol–water partition coefficient (Wildman–Crippen LogP) is 6.32. The Morgan fingerprint density at radius 1 is 1.18 bits per heavy atom. The molecule has 0 atom stereocenters. The number of carbonyl (C=O) groups is 1. The molecule has 142 valence electrons. The van der Waals surface area contributed by atoms with Crippen LogP contribution in [0.25, 0.3) is 11.1 Å². The van der Waals surface area contributed by atoms with E-state index in [9.17, 15) is 14.9 Å². The molecule has 1 aromatic heterocycles. The normalized spacial score (nSPS) is 14.3. The molecule has 1 aliphatic rings. The van der Waals surface area contributed by atoms with Crippen molar-refractivity contribution in [2.45, 2.75) is 26.3 Å². The van der Waals surface area contributed by atoms with E-state index in [2.05, 4.69) is 0 Å². The second-order valence-electron chi connectivity index (χ2n) is 7.19. The zero-order valence-corrected chi connectivity index (χ0v) is 17.8. The quantitative estimate of drug-likeness (QED) is 0.207. The molecule has 8 heteroatoms. The molecule has 0 aliphatic carbocycles. The zero-order chi connectivity index (χ0) is 20.2. The van der Waals surface area contributed by atoms with Crippen molar-refractivity contribution in [2.24, 2.45) is 0 Å². The molecule has 4 rings (SSSR count). The highest BCUT2D eigenvalue weighted by atomic mass is 32.9. The average Bonchev–Trinajstić information content (AvgIpc) is 3.04. The highest BCUT2D eigenvalue weighted by Crippen LogP contribution is 2.53. The van der Waals surface area contributed by atoms with Crippen LogP contribution in [0.2, 0.25) is 0 Å². The van der Waals surface area contributed by atoms with Gasteiger partial charge in [-0.2, -0.15) is 0 Å². The molecule has 1 amide bonds. The summed E-state index contributed by atoms with van der Waals surface area (Å²) in [7, 11) is 2.99. The first-order chi connectivity index (χ1) is 13.2. The van der Waals surface area contributed by atoms with E-state index in [1.54, 1.807) is 17.0 Å². The minimum absolute atomic E-state index is 0.0158. The molecule has 28 heavy (non-hydrogen) atoms. The van der Waals surface area contributed by atoms with Crippen LogP contribution in [0.5, 0.6) is 0 Å². The third-order valence-corrected chi connectivity index (χ3v) is 8.25. The van der Waals surface area contributed by atoms with Gasteiger partial charge in [-0.15, -0.1) is 0 Å². The highest BCUT2D eigenvalue weighted by molar-refractivity contribution is 7.80. The van der Waals surface area contributed by atoms with Crippen molar-refractivity contribution in [1.82, 2.24) is 0 Å². The van der Waals surface area contributed by atoms with Gasteiger partial charge in [0.25, 0.3) is 11.6 Å². The zero-order valence-electron chi connectivity index (χ0n) is 15.4. The molecule has 0 bridgehead atoms. The number of carbonyl (C=O) groups excluding carboxylic acids is 1. The maximum Gasteiger partial charge on any atom is 0.270 e. The molecule has 5 nitrogen and oxygen atoms in total. The van der Waals surface area contributed by atoms with Crippen molar-refractivity contribution in [2.75, 3.05) is 4.90 Å². The first-order valence-corrected chi connectivity index (χ1v) is 11.1. The summed E-state index contributed by atoms with van der Waals surface area (Å²) in [5.74, 6) is -0.140. The number of anilines is 1. The molecule has 0 N–H and O–H groups in total. The SMILES string of the molecule is Cc1cccc(C(=O)N2c3ccc([N+](=O)[O-])cc3-c3c(ssc3=S)C2(C)C)c1. The summed E-state index contributed by atoms with van der Waals surface area (Å²) in [6, 6.07) is 12.1. The number of amides is 1. The molecule has 0 spiro atoms. The van der Waals surface area contributed by atoms with Crippen molar-refractivity contribution >= 4 is 50.2 Å². The number of fused-ring (bicyclic) bond motifs is 3. The molecule has 0 saturated heterocycles. The van der Waals surface area contributed by atoms with Crippen molar-refractivity contribution in [1.29, 1.82) is 0 Å². The number of aryl methyl sites for hydroxylation is 1. The van der Waals surface area contributed by atoms with Crippen LogP contribution in [-0.4, -0.2) is 10.8 Å². The van der Waals surface area contributed by atoms with Gasteiger partial charge in [0.15, 0.2) is 0 Å². The number of nitro benzene ring substituents is 1. The lowest BCUT2D eigenvalue weighted by Crippen LogP contribution is -2.47. The van der Waals surface area contributed by atoms with E-state index in [4.69, 9.17) is 12.2 Å². The van der Waals surface area contributed by atoms with Gasteiger partial charge in [0.05, 0.1) is 21.0 Å². The van der Waals surface area contributed by atoms with Gasteiger partial charge < -0.3 is 0 Å². The number of rotatable bonds is 2. The lowest BCUT2D eigenvalue weighted by molar-refractivity contribution is -0.384. The Hall–Kier alpha value is -2.42. The molecule has 0 saturated carbocycles. The summed E-state index contributed by atoms with van der Waals surface area (Å²) in [6.45, 7) is 5.92. The summed E-state index contributed by atoms with van der Waals surface area (Å²) < 4.78 is 0.692. The summed E-state index contributed by atoms with van der Waals surface area (Å²) in [6.07, 6.45) is 0. The number of benzene rings is 2. The average molecular weight is 429 g/mol. The van der Waals surface area contributed by atoms with Crippen molar-refractivity contribution in [3.05, 3.63) is 72.4 Å². The number of hydrogen-bond donors (Lipinski definition) is 0. The van der Waals surface area contributed by atoms with E-state index in [1.807, 2.05) is 39.0 Å². The predicted molar refractivity (Wildman–Crippen MR) is 116 cm³/mol. The summed E-state index contributed by atoms with van der Waals surface area (Å²) in [4.78, 5) is 27.1. The van der Waals surface area contributed by atoms with Gasteiger partial charge in [-0.05, 0) is 39.0 Å². The number of nitro groups is 1. The Morgan fingerprint density at radius 3 is 2.61 bits per heavy atom. The van der Waals surface area contributed by atoms with E-state index in [-0.39, 0.29) is 11.6 Å². The van der Waals surface area contributed by atoms with Gasteiger partial charge in [-0.1, -0.05) is 50.6 Å². The summed E-state index contributed by atoms with van der Waals surface area (Å²) in [5, 5.41) is 11.3. The van der Waals surface area contributed by atoms with Crippen molar-refractivity contribution < 1.29 is 9.72 Å². The largest absolute Gasteiger partial charge is 0.297 e. The molecule has 0 fully saturated rings. The van der Waals surface area contributed by atoms with E-state index in [0.717, 1.165) is 16.0 Å². The molecule has 0 unspecified atom stereocenters. The molecule has 2 aromatic carbocycles. The van der Waals surface area contributed by atoms with Crippen LogP contribution in [-0.2, 0) is 5.54 Å².